The molecule has 0 aromatic rings. The summed E-state index contributed by atoms with van der Waals surface area (Å²) in [6.07, 6.45) is 2.57. The molecule has 0 bridgehead atoms. The number of hydrazine groups is 1. The Labute approximate surface area is 105 Å². The van der Waals surface area contributed by atoms with E-state index in [1.165, 1.54) is 4.90 Å². The number of nitrogens with zero attached hydrogens (tertiary/aromatic N) is 2. The molecule has 0 saturated carbocycles. The molecular weight excluding hydrogens is 238 g/mol. The number of rotatable bonds is 2. The van der Waals surface area contributed by atoms with Gasteiger partial charge in [0.2, 0.25) is 0 Å². The lowest BCUT2D eigenvalue weighted by atomic mass is 10.2. The Morgan fingerprint density at radius 1 is 1.17 bits per heavy atom. The Bertz CT molecular complexity index is 330. The zero-order valence-electron chi connectivity index (χ0n) is 10.2. The number of nitrogens with one attached hydrogen (secondary N) is 1. The van der Waals surface area contributed by atoms with Crippen LogP contribution in [-0.2, 0) is 4.79 Å². The molecule has 102 valence electrons. The molecule has 7 heteroatoms. The van der Waals surface area contributed by atoms with Crippen molar-refractivity contribution in [2.75, 3.05) is 19.6 Å². The summed E-state index contributed by atoms with van der Waals surface area (Å²) < 4.78 is 0. The van der Waals surface area contributed by atoms with Crippen LogP contribution in [0.15, 0.2) is 0 Å². The van der Waals surface area contributed by atoms with E-state index in [1.807, 2.05) is 5.01 Å². The number of amides is 2. The minimum Gasteiger partial charge on any atom is -0.480 e. The first-order valence-corrected chi connectivity index (χ1v) is 6.31. The van der Waals surface area contributed by atoms with Gasteiger partial charge in [0.05, 0.1) is 6.10 Å². The van der Waals surface area contributed by atoms with E-state index in [0.29, 0.717) is 0 Å². The van der Waals surface area contributed by atoms with Crippen molar-refractivity contribution in [2.24, 2.45) is 0 Å². The molecule has 0 spiro atoms. The molecule has 0 radical (unpaired) electrons. The van der Waals surface area contributed by atoms with Gasteiger partial charge in [-0.3, -0.25) is 5.43 Å². The summed E-state index contributed by atoms with van der Waals surface area (Å²) in [6, 6.07) is -1.36. The zero-order valence-corrected chi connectivity index (χ0v) is 10.2. The molecule has 2 aliphatic rings. The third kappa shape index (κ3) is 2.91. The van der Waals surface area contributed by atoms with Crippen molar-refractivity contribution < 1.29 is 19.8 Å². The second-order valence-electron chi connectivity index (χ2n) is 4.86. The topological polar surface area (TPSA) is 93.1 Å². The molecule has 0 aromatic heterocycles. The number of carbonyl (C=O) groups excluding carboxylic acids is 1. The molecule has 18 heavy (non-hydrogen) atoms. The quantitative estimate of drug-likeness (QED) is 0.627. The van der Waals surface area contributed by atoms with Crippen LogP contribution in [0.5, 0.6) is 0 Å². The molecule has 2 aliphatic heterocycles. The number of carbonyl (C=O) groups is 2. The highest BCUT2D eigenvalue weighted by atomic mass is 16.4. The van der Waals surface area contributed by atoms with Gasteiger partial charge in [0.15, 0.2) is 0 Å². The van der Waals surface area contributed by atoms with Gasteiger partial charge in [0.25, 0.3) is 0 Å². The summed E-state index contributed by atoms with van der Waals surface area (Å²) >= 11 is 0. The Balaban J connectivity index is 1.92. The standard InChI is InChI=1S/C11H19N3O4/c15-8-6-9(10(16)17)14(7-8)11(18)12-13-4-2-1-3-5-13/h8-9,15H,1-7H2,(H,12,18)(H,16,17). The number of hydrogen-bond acceptors (Lipinski definition) is 4. The van der Waals surface area contributed by atoms with E-state index in [0.717, 1.165) is 32.4 Å². The van der Waals surface area contributed by atoms with E-state index >= 15 is 0 Å². The Morgan fingerprint density at radius 3 is 2.44 bits per heavy atom. The van der Waals surface area contributed by atoms with Crippen LogP contribution in [0.25, 0.3) is 0 Å². The van der Waals surface area contributed by atoms with Gasteiger partial charge in [-0.05, 0) is 12.8 Å². The van der Waals surface area contributed by atoms with Crippen molar-refractivity contribution in [3.63, 3.8) is 0 Å². The van der Waals surface area contributed by atoms with Crippen LogP contribution in [0.3, 0.4) is 0 Å². The van der Waals surface area contributed by atoms with Crippen molar-refractivity contribution in [3.05, 3.63) is 0 Å². The summed E-state index contributed by atoms with van der Waals surface area (Å²) in [7, 11) is 0. The summed E-state index contributed by atoms with van der Waals surface area (Å²) in [6.45, 7) is 1.66. The van der Waals surface area contributed by atoms with Crippen molar-refractivity contribution in [1.29, 1.82) is 0 Å². The summed E-state index contributed by atoms with van der Waals surface area (Å²) in [5.74, 6) is -1.07. The van der Waals surface area contributed by atoms with Gasteiger partial charge in [-0.1, -0.05) is 6.42 Å². The smallest absolute Gasteiger partial charge is 0.332 e. The summed E-state index contributed by atoms with van der Waals surface area (Å²) in [5.41, 5.74) is 2.71. The molecule has 2 saturated heterocycles. The molecular formula is C11H19N3O4. The molecule has 0 aromatic carbocycles. The number of piperidine rings is 1. The SMILES string of the molecule is O=C(O)C1CC(O)CN1C(=O)NN1CCCCC1. The average Bonchev–Trinajstić information content (AvgIpc) is 2.73. The second kappa shape index (κ2) is 5.53. The number of aliphatic hydroxyl groups is 1. The lowest BCUT2D eigenvalue weighted by Gasteiger charge is -2.30. The Morgan fingerprint density at radius 2 is 1.83 bits per heavy atom. The van der Waals surface area contributed by atoms with E-state index in [-0.39, 0.29) is 13.0 Å². The number of β-amino-alcohol motifs (C(OH)–C–C–N with tert-alkyl or cyclic N) is 1. The normalized spacial score (nSPS) is 29.3. The minimum absolute atomic E-state index is 0.0800. The fourth-order valence-electron chi connectivity index (χ4n) is 2.48. The van der Waals surface area contributed by atoms with Gasteiger partial charge >= 0.3 is 12.0 Å². The van der Waals surface area contributed by atoms with Crippen LogP contribution in [-0.4, -0.2) is 63.9 Å². The van der Waals surface area contributed by atoms with Gasteiger partial charge in [-0.2, -0.15) is 0 Å². The van der Waals surface area contributed by atoms with Crippen LogP contribution >= 0.6 is 0 Å². The van der Waals surface area contributed by atoms with Gasteiger partial charge < -0.3 is 15.1 Å². The number of carboxylic acids is 1. The van der Waals surface area contributed by atoms with Crippen LogP contribution < -0.4 is 5.43 Å². The summed E-state index contributed by atoms with van der Waals surface area (Å²) in [4.78, 5) is 24.2. The third-order valence-corrected chi connectivity index (χ3v) is 3.43. The molecule has 2 fully saturated rings. The molecule has 0 aliphatic carbocycles. The predicted molar refractivity (Wildman–Crippen MR) is 62.7 cm³/mol. The van der Waals surface area contributed by atoms with Crippen LogP contribution in [0, 0.1) is 0 Å². The minimum atomic E-state index is -1.07. The van der Waals surface area contributed by atoms with Crippen molar-refractivity contribution in [2.45, 2.75) is 37.8 Å². The van der Waals surface area contributed by atoms with Crippen molar-refractivity contribution in [1.82, 2.24) is 15.3 Å². The second-order valence-corrected chi connectivity index (χ2v) is 4.86. The van der Waals surface area contributed by atoms with E-state index in [4.69, 9.17) is 5.11 Å². The lowest BCUT2D eigenvalue weighted by molar-refractivity contribution is -0.141. The highest BCUT2D eigenvalue weighted by Gasteiger charge is 2.39. The third-order valence-electron chi connectivity index (χ3n) is 3.43. The van der Waals surface area contributed by atoms with Crippen LogP contribution in [0.1, 0.15) is 25.7 Å². The number of aliphatic carboxylic acids is 1. The molecule has 7 nitrogen and oxygen atoms in total. The number of likely N-dealkylation sites (tertiary alicyclic amines) is 1. The Kier molecular flexibility index (Phi) is 4.03. The largest absolute Gasteiger partial charge is 0.480 e. The monoisotopic (exact) mass is 257 g/mol. The number of carboxylic acid groups (broad SMARTS) is 1. The first-order valence-electron chi connectivity index (χ1n) is 6.31. The van der Waals surface area contributed by atoms with Crippen LogP contribution in [0.4, 0.5) is 4.79 Å². The zero-order chi connectivity index (χ0) is 13.1. The Hall–Kier alpha value is -1.34. The maximum atomic E-state index is 12.0. The maximum absolute atomic E-state index is 12.0. The molecule has 2 unspecified atom stereocenters. The molecule has 2 amide bonds. The van der Waals surface area contributed by atoms with E-state index in [2.05, 4.69) is 5.43 Å². The molecule has 3 N–H and O–H groups in total. The molecule has 2 heterocycles. The maximum Gasteiger partial charge on any atom is 0.332 e. The fraction of sp³-hybridized carbons (Fsp3) is 0.818. The van der Waals surface area contributed by atoms with E-state index in [1.54, 1.807) is 0 Å². The van der Waals surface area contributed by atoms with Gasteiger partial charge in [0, 0.05) is 26.1 Å². The lowest BCUT2D eigenvalue weighted by Crippen LogP contribution is -2.53. The van der Waals surface area contributed by atoms with Crippen molar-refractivity contribution >= 4 is 12.0 Å². The predicted octanol–water partition coefficient (Wildman–Crippen LogP) is -0.383. The molecule has 2 atom stereocenters. The van der Waals surface area contributed by atoms with Crippen molar-refractivity contribution in [3.8, 4) is 0 Å². The highest BCUT2D eigenvalue weighted by Crippen LogP contribution is 2.18. The van der Waals surface area contributed by atoms with E-state index < -0.39 is 24.1 Å². The van der Waals surface area contributed by atoms with Gasteiger partial charge in [-0.25, -0.2) is 14.6 Å². The average molecular weight is 257 g/mol. The van der Waals surface area contributed by atoms with Crippen LogP contribution in [0.2, 0.25) is 0 Å². The van der Waals surface area contributed by atoms with Gasteiger partial charge in [0.1, 0.15) is 6.04 Å². The highest BCUT2D eigenvalue weighted by molar-refractivity contribution is 5.83. The number of urea groups is 1. The fourth-order valence-corrected chi connectivity index (χ4v) is 2.48. The molecule has 2 rings (SSSR count). The first kappa shape index (κ1) is 13.1. The van der Waals surface area contributed by atoms with E-state index in [9.17, 15) is 14.7 Å². The first-order chi connectivity index (χ1) is 8.58. The van der Waals surface area contributed by atoms with Gasteiger partial charge in [-0.15, -0.1) is 0 Å². The number of hydrogen-bond donors (Lipinski definition) is 3. The summed E-state index contributed by atoms with van der Waals surface area (Å²) in [5, 5.41) is 20.3. The number of aliphatic hydroxyl groups excluding tert-OH is 1.